The third kappa shape index (κ3) is 3.90. The molecule has 0 bridgehead atoms. The van der Waals surface area contributed by atoms with Crippen LogP contribution in [0.4, 0.5) is 0 Å². The Morgan fingerprint density at radius 2 is 1.88 bits per heavy atom. The highest BCUT2D eigenvalue weighted by Crippen LogP contribution is 2.42. The number of ether oxygens (including phenoxy) is 3. The third-order valence-corrected chi connectivity index (χ3v) is 6.09. The zero-order valence-electron chi connectivity index (χ0n) is 18.4. The number of nitrogens with zero attached hydrogens (tertiary/aromatic N) is 2. The van der Waals surface area contributed by atoms with Crippen LogP contribution in [-0.2, 0) is 6.54 Å². The molecule has 0 radical (unpaired) electrons. The average Bonchev–Trinajstić information content (AvgIpc) is 2.81. The van der Waals surface area contributed by atoms with Gasteiger partial charge in [-0.25, -0.2) is 0 Å². The molecule has 1 aliphatic rings. The summed E-state index contributed by atoms with van der Waals surface area (Å²) >= 11 is 6.34. The van der Waals surface area contributed by atoms with Gasteiger partial charge in [-0.3, -0.25) is 4.79 Å². The molecule has 1 unspecified atom stereocenters. The molecule has 1 aromatic heterocycles. The van der Waals surface area contributed by atoms with Gasteiger partial charge in [0, 0.05) is 16.8 Å². The number of aryl methyl sites for hydroxylation is 1. The Balaban J connectivity index is 1.94. The summed E-state index contributed by atoms with van der Waals surface area (Å²) in [6.07, 6.45) is 0. The zero-order valence-corrected chi connectivity index (χ0v) is 19.1. The molecule has 0 spiro atoms. The number of benzene rings is 2. The van der Waals surface area contributed by atoms with Gasteiger partial charge in [0.25, 0.3) is 5.56 Å². The lowest BCUT2D eigenvalue weighted by Crippen LogP contribution is -2.33. The van der Waals surface area contributed by atoms with Crippen LogP contribution in [0.3, 0.4) is 0 Å². The number of allylic oxidation sites excluding steroid dienone is 1. The van der Waals surface area contributed by atoms with E-state index < -0.39 is 5.92 Å². The molecule has 3 aromatic rings. The van der Waals surface area contributed by atoms with Crippen LogP contribution in [0.1, 0.15) is 28.3 Å². The fourth-order valence-electron chi connectivity index (χ4n) is 4.05. The molecule has 0 amide bonds. The fraction of sp³-hybridized carbons (Fsp3) is 0.200. The van der Waals surface area contributed by atoms with Crippen LogP contribution in [0.5, 0.6) is 17.2 Å². The zero-order chi connectivity index (χ0) is 23.7. The van der Waals surface area contributed by atoms with Crippen molar-refractivity contribution in [1.29, 1.82) is 5.26 Å². The van der Waals surface area contributed by atoms with E-state index in [9.17, 15) is 10.1 Å². The van der Waals surface area contributed by atoms with E-state index in [2.05, 4.69) is 6.07 Å². The van der Waals surface area contributed by atoms with Crippen molar-refractivity contribution in [2.24, 2.45) is 5.73 Å². The van der Waals surface area contributed by atoms with Gasteiger partial charge >= 0.3 is 0 Å². The molecule has 33 heavy (non-hydrogen) atoms. The Hall–Kier alpha value is -3.89. The molecule has 0 saturated heterocycles. The van der Waals surface area contributed by atoms with Gasteiger partial charge in [0.1, 0.15) is 17.4 Å². The molecule has 168 valence electrons. The summed E-state index contributed by atoms with van der Waals surface area (Å²) in [7, 11) is 3.06. The van der Waals surface area contributed by atoms with Gasteiger partial charge in [0.2, 0.25) is 5.88 Å². The highest BCUT2D eigenvalue weighted by atomic mass is 35.5. The first-order valence-electron chi connectivity index (χ1n) is 10.2. The Morgan fingerprint density at radius 1 is 1.15 bits per heavy atom. The maximum Gasteiger partial charge on any atom is 0.259 e. The SMILES string of the molecule is COc1ccc(C2C(C#N)=C(N)Oc3cc(C)n(Cc4ccccc4Cl)c(=O)c32)cc1OC. The Bertz CT molecular complexity index is 1370. The highest BCUT2D eigenvalue weighted by molar-refractivity contribution is 6.31. The number of hydrogen-bond acceptors (Lipinski definition) is 6. The summed E-state index contributed by atoms with van der Waals surface area (Å²) < 4.78 is 18.1. The first-order valence-corrected chi connectivity index (χ1v) is 10.5. The number of aromatic nitrogens is 1. The number of halogens is 1. The average molecular weight is 464 g/mol. The van der Waals surface area contributed by atoms with Crippen molar-refractivity contribution in [2.45, 2.75) is 19.4 Å². The minimum absolute atomic E-state index is 0.0348. The molecular weight excluding hydrogens is 442 g/mol. The van der Waals surface area contributed by atoms with Crippen molar-refractivity contribution < 1.29 is 14.2 Å². The van der Waals surface area contributed by atoms with Gasteiger partial charge < -0.3 is 24.5 Å². The normalized spacial score (nSPS) is 14.8. The monoisotopic (exact) mass is 463 g/mol. The predicted octanol–water partition coefficient (Wildman–Crippen LogP) is 4.09. The second kappa shape index (κ2) is 8.93. The fourth-order valence-corrected chi connectivity index (χ4v) is 4.24. The Labute approximate surface area is 196 Å². The topological polar surface area (TPSA) is 99.5 Å². The largest absolute Gasteiger partial charge is 0.493 e. The summed E-state index contributed by atoms with van der Waals surface area (Å²) in [6.45, 7) is 2.09. The van der Waals surface area contributed by atoms with Crippen LogP contribution in [0, 0.1) is 18.3 Å². The van der Waals surface area contributed by atoms with Gasteiger partial charge in [-0.05, 0) is 36.2 Å². The van der Waals surface area contributed by atoms with Crippen molar-refractivity contribution in [1.82, 2.24) is 4.57 Å². The number of rotatable bonds is 5. The first-order chi connectivity index (χ1) is 15.9. The first kappa shape index (κ1) is 22.3. The molecule has 0 saturated carbocycles. The maximum absolute atomic E-state index is 13.8. The molecule has 0 aliphatic carbocycles. The van der Waals surface area contributed by atoms with E-state index in [1.54, 1.807) is 34.9 Å². The van der Waals surface area contributed by atoms with E-state index in [-0.39, 0.29) is 23.6 Å². The van der Waals surface area contributed by atoms with Crippen molar-refractivity contribution in [3.8, 4) is 23.3 Å². The summed E-state index contributed by atoms with van der Waals surface area (Å²) in [4.78, 5) is 13.8. The van der Waals surface area contributed by atoms with Crippen LogP contribution in [0.15, 0.2) is 64.8 Å². The van der Waals surface area contributed by atoms with Gasteiger partial charge in [0.05, 0.1) is 32.2 Å². The molecule has 1 aliphatic heterocycles. The van der Waals surface area contributed by atoms with Gasteiger partial charge in [-0.2, -0.15) is 5.26 Å². The summed E-state index contributed by atoms with van der Waals surface area (Å²) in [6, 6.07) is 16.5. The molecular formula is C25H22ClN3O4. The van der Waals surface area contributed by atoms with Crippen LogP contribution in [-0.4, -0.2) is 18.8 Å². The van der Waals surface area contributed by atoms with E-state index in [1.807, 2.05) is 25.1 Å². The maximum atomic E-state index is 13.8. The predicted molar refractivity (Wildman–Crippen MR) is 125 cm³/mol. The molecule has 2 aromatic carbocycles. The number of fused-ring (bicyclic) bond motifs is 1. The molecule has 0 fully saturated rings. The third-order valence-electron chi connectivity index (χ3n) is 5.72. The Morgan fingerprint density at radius 3 is 2.55 bits per heavy atom. The van der Waals surface area contributed by atoms with E-state index in [4.69, 9.17) is 31.5 Å². The number of pyridine rings is 1. The summed E-state index contributed by atoms with van der Waals surface area (Å²) in [5.41, 5.74) is 8.42. The van der Waals surface area contributed by atoms with Crippen molar-refractivity contribution in [2.75, 3.05) is 14.2 Å². The van der Waals surface area contributed by atoms with Crippen molar-refractivity contribution >= 4 is 11.6 Å². The number of nitriles is 1. The van der Waals surface area contributed by atoms with E-state index >= 15 is 0 Å². The lowest BCUT2D eigenvalue weighted by molar-refractivity contribution is 0.354. The van der Waals surface area contributed by atoms with Crippen LogP contribution in [0.2, 0.25) is 5.02 Å². The molecule has 7 nitrogen and oxygen atoms in total. The lowest BCUT2D eigenvalue weighted by Gasteiger charge is -2.27. The van der Waals surface area contributed by atoms with E-state index in [0.717, 1.165) is 5.56 Å². The second-order valence-corrected chi connectivity index (χ2v) is 7.99. The lowest BCUT2D eigenvalue weighted by atomic mass is 9.84. The smallest absolute Gasteiger partial charge is 0.259 e. The highest BCUT2D eigenvalue weighted by Gasteiger charge is 2.35. The van der Waals surface area contributed by atoms with Crippen LogP contribution in [0.25, 0.3) is 0 Å². The van der Waals surface area contributed by atoms with Crippen LogP contribution < -0.4 is 25.5 Å². The van der Waals surface area contributed by atoms with Crippen molar-refractivity contribution in [3.63, 3.8) is 0 Å². The van der Waals surface area contributed by atoms with Gasteiger partial charge in [-0.1, -0.05) is 35.9 Å². The van der Waals surface area contributed by atoms with Crippen molar-refractivity contribution in [3.05, 3.63) is 97.7 Å². The molecule has 1 atom stereocenters. The number of nitrogens with two attached hydrogens (primary N) is 1. The Kier molecular flexibility index (Phi) is 6.03. The minimum Gasteiger partial charge on any atom is -0.493 e. The number of hydrogen-bond donors (Lipinski definition) is 1. The summed E-state index contributed by atoms with van der Waals surface area (Å²) in [5.74, 6) is 0.562. The van der Waals surface area contributed by atoms with Gasteiger partial charge in [0.15, 0.2) is 11.5 Å². The molecule has 4 rings (SSSR count). The van der Waals surface area contributed by atoms with E-state index in [1.165, 1.54) is 14.2 Å². The molecule has 2 N–H and O–H groups in total. The second-order valence-electron chi connectivity index (χ2n) is 7.59. The van der Waals surface area contributed by atoms with E-state index in [0.29, 0.717) is 39.1 Å². The molecule has 2 heterocycles. The number of methoxy groups -OCH3 is 2. The van der Waals surface area contributed by atoms with Crippen LogP contribution >= 0.6 is 11.6 Å². The quantitative estimate of drug-likeness (QED) is 0.611. The standard InChI is InChI=1S/C25H22ClN3O4/c1-14-10-21-23(25(30)29(14)13-16-6-4-5-7-18(16)26)22(17(12-27)24(28)33-21)15-8-9-19(31-2)20(11-15)32-3/h4-11,22H,13,28H2,1-3H3. The molecule has 8 heteroatoms. The minimum atomic E-state index is -0.732. The van der Waals surface area contributed by atoms with Gasteiger partial charge in [-0.15, -0.1) is 0 Å². The summed E-state index contributed by atoms with van der Waals surface area (Å²) in [5, 5.41) is 10.4.